The van der Waals surface area contributed by atoms with Gasteiger partial charge in [-0.3, -0.25) is 54.8 Å². The highest BCUT2D eigenvalue weighted by atomic mass is 16.6. The third-order valence-electron chi connectivity index (χ3n) is 18.6. The molecule has 0 fully saturated rings. The van der Waals surface area contributed by atoms with Crippen molar-refractivity contribution in [3.63, 3.8) is 0 Å². The van der Waals surface area contributed by atoms with Gasteiger partial charge in [0.2, 0.25) is 5.54 Å². The predicted octanol–water partition coefficient (Wildman–Crippen LogP) is 22.0. The van der Waals surface area contributed by atoms with Crippen molar-refractivity contribution < 1.29 is 62.5 Å². The summed E-state index contributed by atoms with van der Waals surface area (Å²) in [6, 6.07) is 42.7. The smallest absolute Gasteiger partial charge is 0.306 e. The summed E-state index contributed by atoms with van der Waals surface area (Å²) in [7, 11) is 0. The molecule has 21 heteroatoms. The number of hydrogen-bond donors (Lipinski definition) is 0. The molecule has 570 valence electrons. The number of ether oxygens (including phenoxy) is 6. The van der Waals surface area contributed by atoms with Crippen LogP contribution in [-0.2, 0) is 28.6 Å². The average molecular weight is 1460 g/mol. The Kier molecular flexibility index (Phi) is 41.0. The van der Waals surface area contributed by atoms with Crippen LogP contribution < -0.4 is 14.2 Å². The number of carbonyl (C=O) groups is 3. The molecule has 0 saturated heterocycles. The Balaban J connectivity index is 0.798. The third kappa shape index (κ3) is 36.6. The highest BCUT2D eigenvalue weighted by Crippen LogP contribution is 2.31. The van der Waals surface area contributed by atoms with Gasteiger partial charge in [-0.05, 0) is 145 Å². The van der Waals surface area contributed by atoms with Gasteiger partial charge in [0, 0.05) is 60.6 Å². The maximum atomic E-state index is 13.1. The van der Waals surface area contributed by atoms with Crippen LogP contribution in [0.4, 0.5) is 17.1 Å². The Morgan fingerprint density at radius 1 is 0.264 bits per heavy atom. The van der Waals surface area contributed by atoms with E-state index in [1.165, 1.54) is 36.4 Å². The van der Waals surface area contributed by atoms with Crippen LogP contribution in [0.2, 0.25) is 0 Å². The van der Waals surface area contributed by atoms with Gasteiger partial charge in [0.1, 0.15) is 17.2 Å². The lowest BCUT2D eigenvalue weighted by Gasteiger charge is -2.25. The Bertz CT molecular complexity index is 3250. The van der Waals surface area contributed by atoms with Crippen molar-refractivity contribution in [2.24, 2.45) is 0 Å². The van der Waals surface area contributed by atoms with Gasteiger partial charge in [-0.15, -0.1) is 0 Å². The standard InChI is InChI=1S/C85H108N4O17/c90-82(104-67-25-19-13-7-1-4-10-16-22-64-101-79-52-40-73(41-53-79)31-28-70-34-46-76(47-35-70)86(93)94)58-61-85(89(99)100,62-59-83(91)105-68-26-20-14-8-2-5-11-17-23-65-102-80-54-42-74(43-55-80)32-29-71-36-48-77(49-37-71)87(95)96)63-60-84(92)106-69-27-21-15-9-3-6-12-18-24-66-103-81-56-44-75(45-57-81)33-30-72-38-50-78(51-39-72)88(97)98/h28-57H,1-27,58-69H2/b31-28+,32-29+,33-30+. The van der Waals surface area contributed by atoms with E-state index in [2.05, 4.69) is 0 Å². The number of nitrogens with zero attached hydrogens (tertiary/aromatic N) is 4. The third-order valence-corrected chi connectivity index (χ3v) is 18.6. The molecule has 0 heterocycles. The zero-order valence-electron chi connectivity index (χ0n) is 61.6. The van der Waals surface area contributed by atoms with E-state index < -0.39 is 43.1 Å². The first-order valence-corrected chi connectivity index (χ1v) is 38.2. The predicted molar refractivity (Wildman–Crippen MR) is 417 cm³/mol. The van der Waals surface area contributed by atoms with Gasteiger partial charge in [0.25, 0.3) is 17.1 Å². The molecule has 6 aromatic carbocycles. The SMILES string of the molecule is O=C(CCC(CCC(=O)OCCCCCCCCCCCOc1ccc(/C=C/c2ccc([N+](=O)[O-])cc2)cc1)(CCC(=O)OCCCCCCCCCCCOc1ccc(/C=C/c2ccc([N+](=O)[O-])cc2)cc1)[N+](=O)[O-])OCCCCCCCCCCCOc1ccc(/C=C/c2ccc([N+](=O)[O-])cc2)cc1. The number of unbranched alkanes of at least 4 members (excludes halogenated alkanes) is 24. The second kappa shape index (κ2) is 51.2. The molecule has 0 aliphatic heterocycles. The molecule has 0 amide bonds. The van der Waals surface area contributed by atoms with Gasteiger partial charge in [-0.2, -0.15) is 0 Å². The average Bonchev–Trinajstić information content (AvgIpc) is 0.834. The molecule has 21 nitrogen and oxygen atoms in total. The van der Waals surface area contributed by atoms with Gasteiger partial charge >= 0.3 is 17.9 Å². The molecule has 106 heavy (non-hydrogen) atoms. The topological polar surface area (TPSA) is 279 Å². The van der Waals surface area contributed by atoms with Crippen LogP contribution in [0, 0.1) is 40.5 Å². The molecule has 6 aromatic rings. The van der Waals surface area contributed by atoms with Crippen molar-refractivity contribution >= 4 is 71.4 Å². The molecule has 0 spiro atoms. The zero-order chi connectivity index (χ0) is 75.5. The fourth-order valence-electron chi connectivity index (χ4n) is 12.0. The van der Waals surface area contributed by atoms with E-state index >= 15 is 0 Å². The molecular weight excluding hydrogens is 1350 g/mol. The minimum absolute atomic E-state index is 0.0606. The summed E-state index contributed by atoms with van der Waals surface area (Å²) in [6.45, 7) is 2.54. The van der Waals surface area contributed by atoms with Crippen LogP contribution in [0.5, 0.6) is 17.2 Å². The van der Waals surface area contributed by atoms with E-state index in [9.17, 15) is 54.8 Å². The molecule has 0 atom stereocenters. The van der Waals surface area contributed by atoms with Crippen molar-refractivity contribution in [1.82, 2.24) is 0 Å². The molecule has 0 bridgehead atoms. The highest BCUT2D eigenvalue weighted by molar-refractivity contribution is 5.73. The van der Waals surface area contributed by atoms with Crippen molar-refractivity contribution in [1.29, 1.82) is 0 Å². The number of esters is 3. The lowest BCUT2D eigenvalue weighted by Crippen LogP contribution is -2.40. The van der Waals surface area contributed by atoms with Crippen LogP contribution in [0.25, 0.3) is 36.5 Å². The maximum absolute atomic E-state index is 13.1. The maximum Gasteiger partial charge on any atom is 0.306 e. The van der Waals surface area contributed by atoms with E-state index in [0.29, 0.717) is 39.1 Å². The second-order valence-corrected chi connectivity index (χ2v) is 27.0. The lowest BCUT2D eigenvalue weighted by atomic mass is 9.84. The number of non-ortho nitro benzene ring substituents is 3. The number of nitro groups is 4. The second-order valence-electron chi connectivity index (χ2n) is 27.0. The minimum atomic E-state index is -1.74. The van der Waals surface area contributed by atoms with Crippen LogP contribution in [0.15, 0.2) is 146 Å². The molecule has 0 unspecified atom stereocenters. The molecular formula is C85H108N4O17. The lowest BCUT2D eigenvalue weighted by molar-refractivity contribution is -0.573. The number of nitro benzene ring substituents is 3. The number of carbonyl (C=O) groups excluding carboxylic acids is 3. The Hall–Kier alpha value is -10.1. The summed E-state index contributed by atoms with van der Waals surface area (Å²) in [6.07, 6.45) is 37.3. The molecule has 0 aliphatic carbocycles. The summed E-state index contributed by atoms with van der Waals surface area (Å²) < 4.78 is 34.5. The summed E-state index contributed by atoms with van der Waals surface area (Å²) >= 11 is 0. The highest BCUT2D eigenvalue weighted by Gasteiger charge is 2.44. The van der Waals surface area contributed by atoms with E-state index in [1.54, 1.807) is 36.4 Å². The van der Waals surface area contributed by atoms with Gasteiger partial charge in [0.05, 0.1) is 73.7 Å². The van der Waals surface area contributed by atoms with E-state index in [4.69, 9.17) is 28.4 Å². The van der Waals surface area contributed by atoms with Gasteiger partial charge in [-0.25, -0.2) is 0 Å². The molecule has 0 N–H and O–H groups in total. The van der Waals surface area contributed by atoms with E-state index in [-0.39, 0.29) is 75.4 Å². The van der Waals surface area contributed by atoms with Crippen LogP contribution in [0.1, 0.15) is 245 Å². The van der Waals surface area contributed by atoms with Crippen molar-refractivity contribution in [2.45, 2.75) is 217 Å². The van der Waals surface area contributed by atoms with Crippen molar-refractivity contribution in [2.75, 3.05) is 39.6 Å². The zero-order valence-corrected chi connectivity index (χ0v) is 61.6. The molecule has 0 radical (unpaired) electrons. The number of benzene rings is 6. The van der Waals surface area contributed by atoms with Gasteiger partial charge in [-0.1, -0.05) is 208 Å². The summed E-state index contributed by atoms with van der Waals surface area (Å²) in [4.78, 5) is 83.2. The van der Waals surface area contributed by atoms with Crippen LogP contribution in [-0.4, -0.2) is 82.8 Å². The monoisotopic (exact) mass is 1460 g/mol. The molecule has 0 aliphatic rings. The van der Waals surface area contributed by atoms with Crippen molar-refractivity contribution in [3.8, 4) is 17.2 Å². The Morgan fingerprint density at radius 2 is 0.443 bits per heavy atom. The van der Waals surface area contributed by atoms with Crippen molar-refractivity contribution in [3.05, 3.63) is 219 Å². The Labute approximate surface area is 624 Å². The van der Waals surface area contributed by atoms with E-state index in [1.807, 2.05) is 109 Å². The van der Waals surface area contributed by atoms with Gasteiger partial charge < -0.3 is 28.4 Å². The first-order valence-electron chi connectivity index (χ1n) is 38.2. The fraction of sp³-hybridized carbons (Fsp3) is 0.471. The Morgan fingerprint density at radius 3 is 0.632 bits per heavy atom. The first-order chi connectivity index (χ1) is 51.6. The quantitative estimate of drug-likeness (QED) is 0.00856. The normalized spacial score (nSPS) is 11.5. The molecule has 6 rings (SSSR count). The molecule has 0 aromatic heterocycles. The largest absolute Gasteiger partial charge is 0.494 e. The number of hydrogen-bond acceptors (Lipinski definition) is 17. The van der Waals surface area contributed by atoms with Gasteiger partial charge in [0.15, 0.2) is 0 Å². The number of rotatable bonds is 58. The molecule has 0 saturated carbocycles. The van der Waals surface area contributed by atoms with Crippen LogP contribution in [0.3, 0.4) is 0 Å². The first kappa shape index (κ1) is 84.9. The summed E-state index contributed by atoms with van der Waals surface area (Å²) in [5.74, 6) is 0.769. The van der Waals surface area contributed by atoms with E-state index in [0.717, 1.165) is 205 Å². The fourth-order valence-corrected chi connectivity index (χ4v) is 12.0. The summed E-state index contributed by atoms with van der Waals surface area (Å²) in [5, 5.41) is 45.7. The summed E-state index contributed by atoms with van der Waals surface area (Å²) in [5.41, 5.74) is 4.06. The van der Waals surface area contributed by atoms with Crippen LogP contribution >= 0.6 is 0 Å². The minimum Gasteiger partial charge on any atom is -0.494 e.